The Morgan fingerprint density at radius 2 is 2.14 bits per heavy atom. The smallest absolute Gasteiger partial charge is 0.323 e. The van der Waals surface area contributed by atoms with Gasteiger partial charge in [0.1, 0.15) is 0 Å². The molecular weight excluding hydrogens is 270 g/mol. The molecule has 0 aliphatic carbocycles. The van der Waals surface area contributed by atoms with Gasteiger partial charge >= 0.3 is 6.01 Å². The Kier molecular flexibility index (Phi) is 5.55. The third-order valence-corrected chi connectivity index (χ3v) is 3.23. The number of nitrogens with one attached hydrogen (secondary N) is 1. The van der Waals surface area contributed by atoms with Gasteiger partial charge in [0.25, 0.3) is 0 Å². The summed E-state index contributed by atoms with van der Waals surface area (Å²) in [6.45, 7) is 8.40. The number of rotatable bonds is 6. The average Bonchev–Trinajstić information content (AvgIpc) is 2.47. The Bertz CT molecular complexity index is 453. The SMILES string of the molecule is CCOC1CCCN(c2nc(NC)nc(OC(C)C)n2)C1. The van der Waals surface area contributed by atoms with Gasteiger partial charge in [0.2, 0.25) is 11.9 Å². The standard InChI is InChI=1S/C14H25N5O2/c1-5-20-11-7-6-8-19(9-11)13-16-12(15-4)17-14(18-13)21-10(2)3/h10-11H,5-9H2,1-4H3,(H,15,16,17,18). The lowest BCUT2D eigenvalue weighted by Crippen LogP contribution is -2.40. The van der Waals surface area contributed by atoms with Crippen LogP contribution in [0, 0.1) is 0 Å². The molecule has 1 aliphatic rings. The molecule has 1 unspecified atom stereocenters. The number of piperidine rings is 1. The molecule has 21 heavy (non-hydrogen) atoms. The van der Waals surface area contributed by atoms with Gasteiger partial charge in [-0.3, -0.25) is 0 Å². The fraction of sp³-hybridized carbons (Fsp3) is 0.786. The Hall–Kier alpha value is -1.63. The van der Waals surface area contributed by atoms with Crippen molar-refractivity contribution in [2.45, 2.75) is 45.8 Å². The van der Waals surface area contributed by atoms with Crippen LogP contribution in [-0.2, 0) is 4.74 Å². The molecule has 1 aliphatic heterocycles. The van der Waals surface area contributed by atoms with E-state index in [1.807, 2.05) is 20.8 Å². The van der Waals surface area contributed by atoms with E-state index < -0.39 is 0 Å². The van der Waals surface area contributed by atoms with Crippen molar-refractivity contribution in [1.82, 2.24) is 15.0 Å². The molecule has 0 bridgehead atoms. The minimum absolute atomic E-state index is 0.0301. The highest BCUT2D eigenvalue weighted by Gasteiger charge is 2.23. The molecule has 1 fully saturated rings. The number of nitrogens with zero attached hydrogens (tertiary/aromatic N) is 4. The number of hydrogen-bond donors (Lipinski definition) is 1. The second kappa shape index (κ2) is 7.40. The largest absolute Gasteiger partial charge is 0.461 e. The summed E-state index contributed by atoms with van der Waals surface area (Å²) in [5.41, 5.74) is 0. The molecule has 1 atom stereocenters. The molecule has 1 aromatic rings. The third kappa shape index (κ3) is 4.42. The first-order valence-electron chi connectivity index (χ1n) is 7.59. The summed E-state index contributed by atoms with van der Waals surface area (Å²) >= 11 is 0. The molecule has 0 spiro atoms. The first kappa shape index (κ1) is 15.8. The van der Waals surface area contributed by atoms with E-state index >= 15 is 0 Å². The van der Waals surface area contributed by atoms with Crippen molar-refractivity contribution >= 4 is 11.9 Å². The maximum Gasteiger partial charge on any atom is 0.323 e. The second-order valence-electron chi connectivity index (χ2n) is 5.32. The quantitative estimate of drug-likeness (QED) is 0.856. The summed E-state index contributed by atoms with van der Waals surface area (Å²) in [5.74, 6) is 1.17. The van der Waals surface area contributed by atoms with E-state index in [1.165, 1.54) is 0 Å². The zero-order chi connectivity index (χ0) is 15.2. The fourth-order valence-corrected chi connectivity index (χ4v) is 2.35. The zero-order valence-corrected chi connectivity index (χ0v) is 13.3. The molecule has 2 heterocycles. The van der Waals surface area contributed by atoms with E-state index in [-0.39, 0.29) is 12.2 Å². The molecule has 0 radical (unpaired) electrons. The molecule has 0 amide bonds. The minimum Gasteiger partial charge on any atom is -0.461 e. The van der Waals surface area contributed by atoms with E-state index in [0.717, 1.165) is 32.5 Å². The highest BCUT2D eigenvalue weighted by molar-refractivity contribution is 5.38. The lowest BCUT2D eigenvalue weighted by atomic mass is 10.1. The van der Waals surface area contributed by atoms with Gasteiger partial charge in [-0.2, -0.15) is 15.0 Å². The van der Waals surface area contributed by atoms with E-state index in [0.29, 0.717) is 17.9 Å². The van der Waals surface area contributed by atoms with Crippen molar-refractivity contribution < 1.29 is 9.47 Å². The van der Waals surface area contributed by atoms with Crippen LogP contribution in [0.15, 0.2) is 0 Å². The lowest BCUT2D eigenvalue weighted by molar-refractivity contribution is 0.0523. The van der Waals surface area contributed by atoms with Crippen molar-refractivity contribution in [3.05, 3.63) is 0 Å². The first-order chi connectivity index (χ1) is 10.1. The lowest BCUT2D eigenvalue weighted by Gasteiger charge is -2.32. The van der Waals surface area contributed by atoms with E-state index in [9.17, 15) is 0 Å². The van der Waals surface area contributed by atoms with Gasteiger partial charge in [0.15, 0.2) is 0 Å². The minimum atomic E-state index is 0.0301. The van der Waals surface area contributed by atoms with Gasteiger partial charge in [-0.25, -0.2) is 0 Å². The molecule has 7 heteroatoms. The number of anilines is 2. The molecule has 7 nitrogen and oxygen atoms in total. The zero-order valence-electron chi connectivity index (χ0n) is 13.3. The van der Waals surface area contributed by atoms with Crippen LogP contribution in [0.2, 0.25) is 0 Å². The van der Waals surface area contributed by atoms with Gasteiger partial charge in [-0.15, -0.1) is 0 Å². The van der Waals surface area contributed by atoms with Gasteiger partial charge < -0.3 is 19.7 Å². The van der Waals surface area contributed by atoms with Crippen LogP contribution < -0.4 is 15.0 Å². The predicted molar refractivity (Wildman–Crippen MR) is 82.0 cm³/mol. The number of ether oxygens (including phenoxy) is 2. The van der Waals surface area contributed by atoms with Crippen LogP contribution in [0.4, 0.5) is 11.9 Å². The Labute approximate surface area is 126 Å². The van der Waals surface area contributed by atoms with Gasteiger partial charge in [-0.1, -0.05) is 0 Å². The molecule has 0 aromatic carbocycles. The Morgan fingerprint density at radius 1 is 1.33 bits per heavy atom. The molecule has 0 saturated carbocycles. The summed E-state index contributed by atoms with van der Waals surface area (Å²) in [6.07, 6.45) is 2.44. The second-order valence-corrected chi connectivity index (χ2v) is 5.32. The van der Waals surface area contributed by atoms with Crippen molar-refractivity contribution in [1.29, 1.82) is 0 Å². The number of hydrogen-bond acceptors (Lipinski definition) is 7. The molecule has 1 saturated heterocycles. The molecule has 1 aromatic heterocycles. The van der Waals surface area contributed by atoms with Crippen LogP contribution in [0.3, 0.4) is 0 Å². The van der Waals surface area contributed by atoms with Crippen molar-refractivity contribution in [3.8, 4) is 6.01 Å². The summed E-state index contributed by atoms with van der Waals surface area (Å²) in [4.78, 5) is 15.2. The van der Waals surface area contributed by atoms with Crippen LogP contribution in [0.5, 0.6) is 6.01 Å². The summed E-state index contributed by atoms with van der Waals surface area (Å²) in [5, 5.41) is 2.96. The summed E-state index contributed by atoms with van der Waals surface area (Å²) < 4.78 is 11.3. The van der Waals surface area contributed by atoms with E-state index in [1.54, 1.807) is 7.05 Å². The van der Waals surface area contributed by atoms with Crippen LogP contribution in [-0.4, -0.2) is 53.9 Å². The van der Waals surface area contributed by atoms with Gasteiger partial charge in [-0.05, 0) is 33.6 Å². The highest BCUT2D eigenvalue weighted by Crippen LogP contribution is 2.21. The average molecular weight is 295 g/mol. The predicted octanol–water partition coefficient (Wildman–Crippen LogP) is 1.71. The molecule has 2 rings (SSSR count). The van der Waals surface area contributed by atoms with Crippen LogP contribution in [0.1, 0.15) is 33.6 Å². The van der Waals surface area contributed by atoms with Crippen molar-refractivity contribution in [2.75, 3.05) is 37.0 Å². The Morgan fingerprint density at radius 3 is 2.81 bits per heavy atom. The van der Waals surface area contributed by atoms with Gasteiger partial charge in [0, 0.05) is 26.7 Å². The molecular formula is C14H25N5O2. The van der Waals surface area contributed by atoms with E-state index in [4.69, 9.17) is 9.47 Å². The summed E-state index contributed by atoms with van der Waals surface area (Å²) in [7, 11) is 1.79. The van der Waals surface area contributed by atoms with Crippen LogP contribution >= 0.6 is 0 Å². The van der Waals surface area contributed by atoms with Gasteiger partial charge in [0.05, 0.1) is 12.2 Å². The third-order valence-electron chi connectivity index (χ3n) is 3.23. The topological polar surface area (TPSA) is 72.4 Å². The monoisotopic (exact) mass is 295 g/mol. The highest BCUT2D eigenvalue weighted by atomic mass is 16.5. The summed E-state index contributed by atoms with van der Waals surface area (Å²) in [6, 6.07) is 0.359. The van der Waals surface area contributed by atoms with Crippen molar-refractivity contribution in [3.63, 3.8) is 0 Å². The first-order valence-corrected chi connectivity index (χ1v) is 7.59. The fourth-order valence-electron chi connectivity index (χ4n) is 2.35. The van der Waals surface area contributed by atoms with Crippen LogP contribution in [0.25, 0.3) is 0 Å². The normalized spacial score (nSPS) is 18.9. The number of aromatic nitrogens is 3. The maximum absolute atomic E-state index is 5.73. The molecule has 1 N–H and O–H groups in total. The van der Waals surface area contributed by atoms with E-state index in [2.05, 4.69) is 25.2 Å². The Balaban J connectivity index is 2.17. The van der Waals surface area contributed by atoms with Crippen molar-refractivity contribution in [2.24, 2.45) is 0 Å². The molecule has 118 valence electrons. The maximum atomic E-state index is 5.73.